The van der Waals surface area contributed by atoms with Crippen LogP contribution in [0.4, 0.5) is 0 Å². The van der Waals surface area contributed by atoms with Gasteiger partial charge in [0, 0.05) is 12.2 Å². The minimum atomic E-state index is 0.410. The van der Waals surface area contributed by atoms with Gasteiger partial charge in [0.25, 0.3) is 0 Å². The molecule has 2 saturated carbocycles. The van der Waals surface area contributed by atoms with Gasteiger partial charge >= 0.3 is 0 Å². The molecule has 0 radical (unpaired) electrons. The molecule has 0 saturated heterocycles. The van der Waals surface area contributed by atoms with Crippen LogP contribution in [-0.2, 0) is 0 Å². The van der Waals surface area contributed by atoms with Gasteiger partial charge in [0.2, 0.25) is 0 Å². The zero-order chi connectivity index (χ0) is 13.5. The van der Waals surface area contributed by atoms with Crippen LogP contribution in [0, 0.1) is 17.8 Å². The van der Waals surface area contributed by atoms with Crippen molar-refractivity contribution < 1.29 is 0 Å². The molecule has 2 nitrogen and oxygen atoms in total. The van der Waals surface area contributed by atoms with Crippen LogP contribution < -0.4 is 5.32 Å². The summed E-state index contributed by atoms with van der Waals surface area (Å²) in [5.74, 6) is 2.98. The Bertz CT molecular complexity index is 606. The number of thiophene rings is 1. The molecule has 0 aliphatic heterocycles. The molecule has 4 rings (SSSR count). The van der Waals surface area contributed by atoms with Crippen LogP contribution in [0.3, 0.4) is 0 Å². The van der Waals surface area contributed by atoms with E-state index >= 15 is 0 Å². The number of pyridine rings is 1. The average Bonchev–Trinajstić information content (AvgIpc) is 3.19. The van der Waals surface area contributed by atoms with Crippen molar-refractivity contribution in [3.05, 3.63) is 29.3 Å². The Balaban J connectivity index is 1.40. The summed E-state index contributed by atoms with van der Waals surface area (Å²) in [5, 5.41) is 5.87. The lowest BCUT2D eigenvalue weighted by Gasteiger charge is -2.24. The summed E-state index contributed by atoms with van der Waals surface area (Å²) in [5.41, 5.74) is 2.45. The maximum Gasteiger partial charge on any atom is 0.0809 e. The lowest BCUT2D eigenvalue weighted by atomic mass is 9.88. The summed E-state index contributed by atoms with van der Waals surface area (Å²) < 4.78 is 1.30. The molecule has 2 aromatic rings. The molecule has 2 bridgehead atoms. The third-order valence-electron chi connectivity index (χ3n) is 5.39. The van der Waals surface area contributed by atoms with E-state index in [1.165, 1.54) is 42.5 Å². The first kappa shape index (κ1) is 12.8. The zero-order valence-electron chi connectivity index (χ0n) is 12.0. The number of aromatic nitrogens is 1. The summed E-state index contributed by atoms with van der Waals surface area (Å²) in [4.78, 5) is 4.55. The van der Waals surface area contributed by atoms with Gasteiger partial charge in [-0.25, -0.2) is 0 Å². The summed E-state index contributed by atoms with van der Waals surface area (Å²) in [6.07, 6.45) is 7.98. The van der Waals surface area contributed by atoms with Crippen LogP contribution >= 0.6 is 11.3 Å². The Morgan fingerprint density at radius 1 is 1.40 bits per heavy atom. The molecule has 0 spiro atoms. The topological polar surface area (TPSA) is 24.9 Å². The maximum absolute atomic E-state index is 4.55. The van der Waals surface area contributed by atoms with E-state index in [1.807, 2.05) is 6.20 Å². The maximum atomic E-state index is 4.55. The second-order valence-corrected chi connectivity index (χ2v) is 7.59. The van der Waals surface area contributed by atoms with Crippen LogP contribution in [0.1, 0.15) is 44.2 Å². The van der Waals surface area contributed by atoms with Gasteiger partial charge in [-0.3, -0.25) is 4.98 Å². The number of hydrogen-bond donors (Lipinski definition) is 1. The van der Waals surface area contributed by atoms with Gasteiger partial charge in [-0.05, 0) is 73.6 Å². The molecule has 2 aliphatic carbocycles. The number of fused-ring (bicyclic) bond motifs is 3. The van der Waals surface area contributed by atoms with E-state index in [-0.39, 0.29) is 0 Å². The highest BCUT2D eigenvalue weighted by Gasteiger charge is 2.39. The summed E-state index contributed by atoms with van der Waals surface area (Å²) in [6, 6.07) is 4.80. The van der Waals surface area contributed by atoms with Crippen molar-refractivity contribution in [1.29, 1.82) is 0 Å². The summed E-state index contributed by atoms with van der Waals surface area (Å²) >= 11 is 1.78. The molecule has 0 amide bonds. The van der Waals surface area contributed by atoms with Crippen LogP contribution in [0.15, 0.2) is 23.7 Å². The first-order chi connectivity index (χ1) is 9.79. The van der Waals surface area contributed by atoms with Crippen LogP contribution in [-0.4, -0.2) is 11.5 Å². The molecular formula is C17H22N2S. The van der Waals surface area contributed by atoms with E-state index in [9.17, 15) is 0 Å². The van der Waals surface area contributed by atoms with Crippen molar-refractivity contribution in [2.24, 2.45) is 17.8 Å². The third-order valence-corrected chi connectivity index (χ3v) is 6.25. The number of nitrogens with one attached hydrogen (secondary N) is 1. The minimum Gasteiger partial charge on any atom is -0.310 e. The van der Waals surface area contributed by atoms with E-state index in [0.29, 0.717) is 6.04 Å². The van der Waals surface area contributed by atoms with Crippen LogP contribution in [0.25, 0.3) is 10.2 Å². The molecule has 2 aliphatic rings. The predicted octanol–water partition coefficient (Wildman–Crippen LogP) is 4.38. The molecule has 4 atom stereocenters. The van der Waals surface area contributed by atoms with Gasteiger partial charge in [-0.2, -0.15) is 0 Å². The summed E-state index contributed by atoms with van der Waals surface area (Å²) in [7, 11) is 0. The Hall–Kier alpha value is -0.930. The molecular weight excluding hydrogens is 264 g/mol. The number of rotatable bonds is 4. The molecule has 2 aromatic heterocycles. The molecule has 2 heterocycles. The first-order valence-electron chi connectivity index (χ1n) is 7.86. The van der Waals surface area contributed by atoms with E-state index in [0.717, 1.165) is 23.3 Å². The van der Waals surface area contributed by atoms with Crippen molar-refractivity contribution in [2.75, 3.05) is 6.54 Å². The Morgan fingerprint density at radius 2 is 2.35 bits per heavy atom. The van der Waals surface area contributed by atoms with Crippen LogP contribution in [0.2, 0.25) is 0 Å². The van der Waals surface area contributed by atoms with Crippen molar-refractivity contribution in [2.45, 2.75) is 38.6 Å². The highest BCUT2D eigenvalue weighted by atomic mass is 32.1. The average molecular weight is 286 g/mol. The van der Waals surface area contributed by atoms with E-state index < -0.39 is 0 Å². The second kappa shape index (κ2) is 5.12. The largest absolute Gasteiger partial charge is 0.310 e. The highest BCUT2D eigenvalue weighted by Crippen LogP contribution is 2.48. The fraction of sp³-hybridized carbons (Fsp3) is 0.588. The van der Waals surface area contributed by atoms with Crippen LogP contribution in [0.5, 0.6) is 0 Å². The van der Waals surface area contributed by atoms with E-state index in [1.54, 1.807) is 11.3 Å². The van der Waals surface area contributed by atoms with Gasteiger partial charge in [-0.15, -0.1) is 11.3 Å². The fourth-order valence-corrected chi connectivity index (χ4v) is 4.96. The SMILES string of the molecule is CC(NCC1CC2CCC1C2)c1cnc2ccsc2c1. The molecule has 20 heavy (non-hydrogen) atoms. The van der Waals surface area contributed by atoms with Gasteiger partial charge < -0.3 is 5.32 Å². The first-order valence-corrected chi connectivity index (χ1v) is 8.74. The fourth-order valence-electron chi connectivity index (χ4n) is 4.17. The number of hydrogen-bond acceptors (Lipinski definition) is 3. The molecule has 0 aromatic carbocycles. The highest BCUT2D eigenvalue weighted by molar-refractivity contribution is 7.17. The van der Waals surface area contributed by atoms with Gasteiger partial charge in [-0.1, -0.05) is 6.42 Å². The van der Waals surface area contributed by atoms with Crippen molar-refractivity contribution in [3.8, 4) is 0 Å². The van der Waals surface area contributed by atoms with Crippen molar-refractivity contribution in [3.63, 3.8) is 0 Å². The van der Waals surface area contributed by atoms with Gasteiger partial charge in [0.05, 0.1) is 10.2 Å². The molecule has 1 N–H and O–H groups in total. The second-order valence-electron chi connectivity index (χ2n) is 6.64. The predicted molar refractivity (Wildman–Crippen MR) is 85.0 cm³/mol. The van der Waals surface area contributed by atoms with Gasteiger partial charge in [0.15, 0.2) is 0 Å². The lowest BCUT2D eigenvalue weighted by Crippen LogP contribution is -2.28. The monoisotopic (exact) mass is 286 g/mol. The summed E-state index contributed by atoms with van der Waals surface area (Å²) in [6.45, 7) is 3.45. The van der Waals surface area contributed by atoms with Crippen molar-refractivity contribution in [1.82, 2.24) is 10.3 Å². The molecule has 106 valence electrons. The zero-order valence-corrected chi connectivity index (χ0v) is 12.8. The molecule has 4 unspecified atom stereocenters. The lowest BCUT2D eigenvalue weighted by molar-refractivity contribution is 0.309. The number of nitrogens with zero attached hydrogens (tertiary/aromatic N) is 1. The van der Waals surface area contributed by atoms with E-state index in [4.69, 9.17) is 0 Å². The van der Waals surface area contributed by atoms with E-state index in [2.05, 4.69) is 34.7 Å². The van der Waals surface area contributed by atoms with Crippen molar-refractivity contribution >= 4 is 21.6 Å². The smallest absolute Gasteiger partial charge is 0.0809 e. The molecule has 2 fully saturated rings. The van der Waals surface area contributed by atoms with Gasteiger partial charge in [0.1, 0.15) is 0 Å². The standard InChI is InChI=1S/C17H22N2S/c1-11(14-8-17-16(19-9-14)4-5-20-17)18-10-15-7-12-2-3-13(15)6-12/h4-5,8-9,11-13,15,18H,2-3,6-7,10H2,1H3. The Kier molecular flexibility index (Phi) is 3.27. The Morgan fingerprint density at radius 3 is 3.15 bits per heavy atom. The Labute approximate surface area is 124 Å². The third kappa shape index (κ3) is 2.27. The molecule has 3 heteroatoms. The quantitative estimate of drug-likeness (QED) is 0.902. The minimum absolute atomic E-state index is 0.410. The normalized spacial score (nSPS) is 30.1.